The van der Waals surface area contributed by atoms with Crippen LogP contribution in [-0.2, 0) is 4.79 Å². The molecule has 1 heterocycles. The van der Waals surface area contributed by atoms with E-state index >= 15 is 0 Å². The van der Waals surface area contributed by atoms with Crippen molar-refractivity contribution in [3.05, 3.63) is 23.8 Å². The summed E-state index contributed by atoms with van der Waals surface area (Å²) in [5, 5.41) is 2.98. The maximum absolute atomic E-state index is 12.3. The Balaban J connectivity index is 2.00. The zero-order valence-corrected chi connectivity index (χ0v) is 14.2. The van der Waals surface area contributed by atoms with E-state index < -0.39 is 0 Å². The van der Waals surface area contributed by atoms with Crippen LogP contribution in [0.1, 0.15) is 19.4 Å². The van der Waals surface area contributed by atoms with Gasteiger partial charge in [0.25, 0.3) is 0 Å². The first-order chi connectivity index (χ1) is 11.1. The van der Waals surface area contributed by atoms with Gasteiger partial charge < -0.3 is 20.0 Å². The molecule has 3 amide bonds. The second kappa shape index (κ2) is 7.85. The lowest BCUT2D eigenvalue weighted by molar-refractivity contribution is -0.119. The molecule has 6 heteroatoms. The van der Waals surface area contributed by atoms with Crippen LogP contribution in [0.15, 0.2) is 18.2 Å². The molecule has 1 aromatic carbocycles. The lowest BCUT2D eigenvalue weighted by Gasteiger charge is -2.32. The third-order valence-corrected chi connectivity index (χ3v) is 4.33. The molecule has 1 N–H and O–H groups in total. The number of rotatable bonds is 5. The summed E-state index contributed by atoms with van der Waals surface area (Å²) in [6.45, 7) is 10.5. The molecule has 0 bridgehead atoms. The Hall–Kier alpha value is -2.24. The van der Waals surface area contributed by atoms with Gasteiger partial charge in [-0.1, -0.05) is 0 Å². The van der Waals surface area contributed by atoms with Crippen LogP contribution < -0.4 is 10.2 Å². The van der Waals surface area contributed by atoms with Crippen molar-refractivity contribution in [2.24, 2.45) is 0 Å². The summed E-state index contributed by atoms with van der Waals surface area (Å²) in [4.78, 5) is 28.8. The van der Waals surface area contributed by atoms with E-state index in [0.717, 1.165) is 30.8 Å². The number of anilines is 2. The van der Waals surface area contributed by atoms with E-state index in [1.165, 1.54) is 5.69 Å². The van der Waals surface area contributed by atoms with Crippen molar-refractivity contribution in [3.8, 4) is 0 Å². The highest BCUT2D eigenvalue weighted by Gasteiger charge is 2.20. The largest absolute Gasteiger partial charge is 0.372 e. The number of carbonyl (C=O) groups is 2. The summed E-state index contributed by atoms with van der Waals surface area (Å²) >= 11 is 0. The Morgan fingerprint density at radius 3 is 2.39 bits per heavy atom. The van der Waals surface area contributed by atoms with Gasteiger partial charge in [-0.25, -0.2) is 4.79 Å². The van der Waals surface area contributed by atoms with Crippen LogP contribution in [-0.4, -0.2) is 61.5 Å². The highest BCUT2D eigenvalue weighted by molar-refractivity contribution is 5.90. The fourth-order valence-corrected chi connectivity index (χ4v) is 2.80. The van der Waals surface area contributed by atoms with Crippen molar-refractivity contribution in [2.45, 2.75) is 20.8 Å². The predicted molar refractivity (Wildman–Crippen MR) is 93.0 cm³/mol. The van der Waals surface area contributed by atoms with Crippen LogP contribution in [0.25, 0.3) is 0 Å². The van der Waals surface area contributed by atoms with Crippen molar-refractivity contribution >= 4 is 23.8 Å². The predicted octanol–water partition coefficient (Wildman–Crippen LogP) is 2.15. The van der Waals surface area contributed by atoms with E-state index in [0.29, 0.717) is 26.2 Å². The van der Waals surface area contributed by atoms with Crippen molar-refractivity contribution < 1.29 is 9.59 Å². The summed E-state index contributed by atoms with van der Waals surface area (Å²) in [5.74, 6) is 0. The summed E-state index contributed by atoms with van der Waals surface area (Å²) in [7, 11) is 0. The van der Waals surface area contributed by atoms with Crippen LogP contribution >= 0.6 is 0 Å². The molecule has 2 rings (SSSR count). The van der Waals surface area contributed by atoms with E-state index in [1.807, 2.05) is 19.1 Å². The molecule has 0 spiro atoms. The lowest BCUT2D eigenvalue weighted by atomic mass is 10.1. The average Bonchev–Trinajstić information content (AvgIpc) is 2.58. The Bertz CT molecular complexity index is 550. The van der Waals surface area contributed by atoms with E-state index in [-0.39, 0.29) is 6.03 Å². The first kappa shape index (κ1) is 17.1. The summed E-state index contributed by atoms with van der Waals surface area (Å²) in [6, 6.07) is 6.00. The first-order valence-electron chi connectivity index (χ1n) is 8.19. The molecule has 1 aromatic rings. The minimum absolute atomic E-state index is 0.103. The molecule has 0 unspecified atom stereocenters. The molecule has 1 aliphatic rings. The van der Waals surface area contributed by atoms with Crippen LogP contribution in [0.2, 0.25) is 0 Å². The summed E-state index contributed by atoms with van der Waals surface area (Å²) < 4.78 is 0. The Morgan fingerprint density at radius 1 is 1.22 bits per heavy atom. The van der Waals surface area contributed by atoms with E-state index in [1.54, 1.807) is 9.80 Å². The van der Waals surface area contributed by atoms with Gasteiger partial charge >= 0.3 is 6.03 Å². The average molecular weight is 318 g/mol. The number of nitrogens with one attached hydrogen (secondary N) is 1. The molecule has 6 nitrogen and oxygen atoms in total. The molecule has 0 aliphatic carbocycles. The van der Waals surface area contributed by atoms with Gasteiger partial charge in [0, 0.05) is 50.6 Å². The van der Waals surface area contributed by atoms with Crippen molar-refractivity contribution in [1.29, 1.82) is 0 Å². The normalized spacial score (nSPS) is 14.6. The molecule has 0 aromatic heterocycles. The summed E-state index contributed by atoms with van der Waals surface area (Å²) in [5.41, 5.74) is 3.06. The number of piperazine rings is 1. The number of hydrogen-bond donors (Lipinski definition) is 1. The fraction of sp³-hybridized carbons (Fsp3) is 0.529. The number of nitrogens with zero attached hydrogens (tertiary/aromatic N) is 3. The number of amides is 3. The Kier molecular flexibility index (Phi) is 5.84. The second-order valence-corrected chi connectivity index (χ2v) is 5.73. The Morgan fingerprint density at radius 2 is 1.87 bits per heavy atom. The highest BCUT2D eigenvalue weighted by Crippen LogP contribution is 2.23. The van der Waals surface area contributed by atoms with Crippen molar-refractivity contribution in [2.75, 3.05) is 49.5 Å². The van der Waals surface area contributed by atoms with Crippen LogP contribution in [0, 0.1) is 6.92 Å². The second-order valence-electron chi connectivity index (χ2n) is 5.73. The zero-order valence-electron chi connectivity index (χ0n) is 14.2. The molecule has 1 fully saturated rings. The van der Waals surface area contributed by atoms with Gasteiger partial charge in [-0.05, 0) is 44.5 Å². The van der Waals surface area contributed by atoms with E-state index in [2.05, 4.69) is 30.1 Å². The van der Waals surface area contributed by atoms with Crippen LogP contribution in [0.5, 0.6) is 0 Å². The molecule has 1 saturated heterocycles. The number of hydrogen-bond acceptors (Lipinski definition) is 3. The van der Waals surface area contributed by atoms with Gasteiger partial charge in [0.05, 0.1) is 0 Å². The summed E-state index contributed by atoms with van der Waals surface area (Å²) in [6.07, 6.45) is 0.839. The van der Waals surface area contributed by atoms with Gasteiger partial charge in [-0.15, -0.1) is 0 Å². The van der Waals surface area contributed by atoms with Gasteiger partial charge in [0.15, 0.2) is 0 Å². The van der Waals surface area contributed by atoms with Gasteiger partial charge in [0.1, 0.15) is 0 Å². The smallest absolute Gasteiger partial charge is 0.321 e. The van der Waals surface area contributed by atoms with Crippen LogP contribution in [0.4, 0.5) is 16.2 Å². The van der Waals surface area contributed by atoms with E-state index in [9.17, 15) is 9.59 Å². The first-order valence-corrected chi connectivity index (χ1v) is 8.19. The topological polar surface area (TPSA) is 55.9 Å². The SMILES string of the molecule is CCN(CC)c1ccc(NC(=O)N2CCN(C=O)CC2)c(C)c1. The maximum Gasteiger partial charge on any atom is 0.321 e. The van der Waals surface area contributed by atoms with Gasteiger partial charge in [0.2, 0.25) is 6.41 Å². The van der Waals surface area contributed by atoms with E-state index in [4.69, 9.17) is 0 Å². The zero-order chi connectivity index (χ0) is 16.8. The third-order valence-electron chi connectivity index (χ3n) is 4.33. The van der Waals surface area contributed by atoms with Crippen LogP contribution in [0.3, 0.4) is 0 Å². The number of carbonyl (C=O) groups excluding carboxylic acids is 2. The molecular weight excluding hydrogens is 292 g/mol. The monoisotopic (exact) mass is 318 g/mol. The van der Waals surface area contributed by atoms with Gasteiger partial charge in [-0.2, -0.15) is 0 Å². The fourth-order valence-electron chi connectivity index (χ4n) is 2.80. The standard InChI is InChI=1S/C17H26N4O2/c1-4-20(5-2)15-6-7-16(14(3)12-15)18-17(23)21-10-8-19(13-22)9-11-21/h6-7,12-13H,4-5,8-11H2,1-3H3,(H,18,23). The number of urea groups is 1. The number of aryl methyl sites for hydroxylation is 1. The molecule has 23 heavy (non-hydrogen) atoms. The number of benzene rings is 1. The highest BCUT2D eigenvalue weighted by atomic mass is 16.2. The third kappa shape index (κ3) is 4.15. The van der Waals surface area contributed by atoms with Crippen molar-refractivity contribution in [3.63, 3.8) is 0 Å². The molecular formula is C17H26N4O2. The molecule has 0 saturated carbocycles. The molecule has 0 radical (unpaired) electrons. The minimum Gasteiger partial charge on any atom is -0.372 e. The Labute approximate surface area is 138 Å². The molecule has 126 valence electrons. The molecule has 0 atom stereocenters. The maximum atomic E-state index is 12.3. The van der Waals surface area contributed by atoms with Gasteiger partial charge in [-0.3, -0.25) is 4.79 Å². The lowest BCUT2D eigenvalue weighted by Crippen LogP contribution is -2.49. The quantitative estimate of drug-likeness (QED) is 0.846. The minimum atomic E-state index is -0.103. The molecule has 1 aliphatic heterocycles. The van der Waals surface area contributed by atoms with Crippen molar-refractivity contribution in [1.82, 2.24) is 9.80 Å².